The molecule has 1 N–H and O–H groups in total. The molecule has 1 heterocycles. The zero-order chi connectivity index (χ0) is 10.7. The van der Waals surface area contributed by atoms with Crippen molar-refractivity contribution in [1.29, 1.82) is 0 Å². The van der Waals surface area contributed by atoms with Crippen LogP contribution in [-0.2, 0) is 13.6 Å². The Kier molecular flexibility index (Phi) is 3.33. The number of nitrogens with zero attached hydrogens (tertiary/aromatic N) is 4. The third-order valence-corrected chi connectivity index (χ3v) is 2.99. The minimum Gasteiger partial charge on any atom is -0.395 e. The Morgan fingerprint density at radius 2 is 2.40 bits per heavy atom. The molecule has 0 amide bonds. The van der Waals surface area contributed by atoms with Crippen molar-refractivity contribution in [2.75, 3.05) is 13.2 Å². The van der Waals surface area contributed by atoms with E-state index in [1.165, 1.54) is 19.3 Å². The molecule has 5 heteroatoms. The van der Waals surface area contributed by atoms with E-state index in [0.717, 1.165) is 18.8 Å². The van der Waals surface area contributed by atoms with Gasteiger partial charge in [-0.3, -0.25) is 9.58 Å². The van der Waals surface area contributed by atoms with E-state index in [1.54, 1.807) is 4.68 Å². The lowest BCUT2D eigenvalue weighted by atomic mass is 9.91. The quantitative estimate of drug-likeness (QED) is 0.752. The summed E-state index contributed by atoms with van der Waals surface area (Å²) in [5, 5.41) is 17.0. The Morgan fingerprint density at radius 1 is 1.60 bits per heavy atom. The number of aryl methyl sites for hydroxylation is 1. The smallest absolute Gasteiger partial charge is 0.0967 e. The highest BCUT2D eigenvalue weighted by Gasteiger charge is 2.24. The molecule has 1 saturated carbocycles. The van der Waals surface area contributed by atoms with E-state index in [4.69, 9.17) is 5.11 Å². The van der Waals surface area contributed by atoms with Crippen molar-refractivity contribution < 1.29 is 5.11 Å². The second-order valence-electron chi connectivity index (χ2n) is 4.16. The van der Waals surface area contributed by atoms with E-state index in [1.807, 2.05) is 13.2 Å². The van der Waals surface area contributed by atoms with Crippen molar-refractivity contribution >= 4 is 0 Å². The highest BCUT2D eigenvalue weighted by atomic mass is 16.3. The average Bonchev–Trinajstić information content (AvgIpc) is 2.48. The van der Waals surface area contributed by atoms with Gasteiger partial charge in [0.05, 0.1) is 12.3 Å². The Balaban J connectivity index is 1.93. The van der Waals surface area contributed by atoms with Gasteiger partial charge in [0.1, 0.15) is 0 Å². The maximum Gasteiger partial charge on any atom is 0.0967 e. The van der Waals surface area contributed by atoms with Crippen LogP contribution in [0.5, 0.6) is 0 Å². The number of hydrogen-bond acceptors (Lipinski definition) is 4. The van der Waals surface area contributed by atoms with Crippen molar-refractivity contribution in [2.24, 2.45) is 7.05 Å². The monoisotopic (exact) mass is 210 g/mol. The van der Waals surface area contributed by atoms with Crippen molar-refractivity contribution in [3.63, 3.8) is 0 Å². The molecule has 1 aromatic rings. The van der Waals surface area contributed by atoms with Crippen molar-refractivity contribution in [1.82, 2.24) is 19.9 Å². The van der Waals surface area contributed by atoms with E-state index in [2.05, 4.69) is 15.2 Å². The molecule has 1 aromatic heterocycles. The minimum absolute atomic E-state index is 0.219. The number of aliphatic hydroxyl groups is 1. The SMILES string of the molecule is Cn1cc(CN(CCO)C2CCC2)nn1. The maximum absolute atomic E-state index is 9.01. The summed E-state index contributed by atoms with van der Waals surface area (Å²) in [4.78, 5) is 2.30. The fourth-order valence-corrected chi connectivity index (χ4v) is 1.95. The van der Waals surface area contributed by atoms with Gasteiger partial charge in [-0.25, -0.2) is 0 Å². The molecule has 0 unspecified atom stereocenters. The Morgan fingerprint density at radius 3 is 2.87 bits per heavy atom. The molecule has 0 bridgehead atoms. The summed E-state index contributed by atoms with van der Waals surface area (Å²) < 4.78 is 1.72. The number of rotatable bonds is 5. The Labute approximate surface area is 89.7 Å². The first kappa shape index (κ1) is 10.6. The first-order valence-corrected chi connectivity index (χ1v) is 5.49. The molecule has 0 atom stereocenters. The standard InChI is InChI=1S/C10H18N4O/c1-13-7-9(11-12-13)8-14(5-6-15)10-3-2-4-10/h7,10,15H,2-6,8H2,1H3. The first-order chi connectivity index (χ1) is 7.29. The maximum atomic E-state index is 9.01. The normalized spacial score (nSPS) is 17.0. The third-order valence-electron chi connectivity index (χ3n) is 2.99. The van der Waals surface area contributed by atoms with E-state index in [0.29, 0.717) is 6.04 Å². The van der Waals surface area contributed by atoms with Gasteiger partial charge in [-0.1, -0.05) is 11.6 Å². The van der Waals surface area contributed by atoms with Gasteiger partial charge in [0.15, 0.2) is 0 Å². The van der Waals surface area contributed by atoms with Crippen molar-refractivity contribution in [3.8, 4) is 0 Å². The van der Waals surface area contributed by atoms with Gasteiger partial charge in [-0.05, 0) is 12.8 Å². The third kappa shape index (κ3) is 2.54. The summed E-state index contributed by atoms with van der Waals surface area (Å²) in [5.74, 6) is 0. The van der Waals surface area contributed by atoms with Crippen LogP contribution in [0.4, 0.5) is 0 Å². The fourth-order valence-electron chi connectivity index (χ4n) is 1.95. The summed E-state index contributed by atoms with van der Waals surface area (Å²) in [6, 6.07) is 0.638. The van der Waals surface area contributed by atoms with Crippen LogP contribution in [0.1, 0.15) is 25.0 Å². The van der Waals surface area contributed by atoms with Crippen LogP contribution in [-0.4, -0.2) is 44.2 Å². The van der Waals surface area contributed by atoms with Crippen LogP contribution in [0, 0.1) is 0 Å². The van der Waals surface area contributed by atoms with Gasteiger partial charge in [0, 0.05) is 32.4 Å². The largest absolute Gasteiger partial charge is 0.395 e. The molecule has 2 rings (SSSR count). The van der Waals surface area contributed by atoms with E-state index >= 15 is 0 Å². The lowest BCUT2D eigenvalue weighted by Gasteiger charge is -2.36. The summed E-state index contributed by atoms with van der Waals surface area (Å²) in [7, 11) is 1.87. The average molecular weight is 210 g/mol. The van der Waals surface area contributed by atoms with Gasteiger partial charge in [0.2, 0.25) is 0 Å². The summed E-state index contributed by atoms with van der Waals surface area (Å²) in [6.07, 6.45) is 5.75. The summed E-state index contributed by atoms with van der Waals surface area (Å²) in [5.41, 5.74) is 0.984. The molecule has 84 valence electrons. The fraction of sp³-hybridized carbons (Fsp3) is 0.800. The minimum atomic E-state index is 0.219. The van der Waals surface area contributed by atoms with Crippen molar-refractivity contribution in [3.05, 3.63) is 11.9 Å². The predicted molar refractivity (Wildman–Crippen MR) is 56.1 cm³/mol. The van der Waals surface area contributed by atoms with Crippen LogP contribution >= 0.6 is 0 Å². The molecule has 0 aromatic carbocycles. The molecule has 1 aliphatic rings. The molecule has 1 aliphatic carbocycles. The molecular formula is C10H18N4O. The van der Waals surface area contributed by atoms with Crippen LogP contribution < -0.4 is 0 Å². The molecule has 0 spiro atoms. The van der Waals surface area contributed by atoms with E-state index in [-0.39, 0.29) is 6.61 Å². The summed E-state index contributed by atoms with van der Waals surface area (Å²) in [6.45, 7) is 1.76. The summed E-state index contributed by atoms with van der Waals surface area (Å²) >= 11 is 0. The van der Waals surface area contributed by atoms with Gasteiger partial charge in [-0.2, -0.15) is 0 Å². The predicted octanol–water partition coefficient (Wildman–Crippen LogP) is 0.162. The number of aromatic nitrogens is 3. The van der Waals surface area contributed by atoms with Crippen molar-refractivity contribution in [2.45, 2.75) is 31.8 Å². The van der Waals surface area contributed by atoms with Gasteiger partial charge in [-0.15, -0.1) is 5.10 Å². The Hall–Kier alpha value is -0.940. The van der Waals surface area contributed by atoms with Crippen LogP contribution in [0.2, 0.25) is 0 Å². The molecule has 5 nitrogen and oxygen atoms in total. The molecule has 0 radical (unpaired) electrons. The number of aliphatic hydroxyl groups excluding tert-OH is 1. The molecule has 0 saturated heterocycles. The van der Waals surface area contributed by atoms with Gasteiger partial charge in [0.25, 0.3) is 0 Å². The van der Waals surface area contributed by atoms with Gasteiger partial charge < -0.3 is 5.11 Å². The molecule has 1 fully saturated rings. The second-order valence-corrected chi connectivity index (χ2v) is 4.16. The van der Waals surface area contributed by atoms with Crippen LogP contribution in [0.3, 0.4) is 0 Å². The van der Waals surface area contributed by atoms with Crippen LogP contribution in [0.15, 0.2) is 6.20 Å². The molecule has 0 aliphatic heterocycles. The Bertz CT molecular complexity index is 308. The zero-order valence-electron chi connectivity index (χ0n) is 9.13. The topological polar surface area (TPSA) is 54.2 Å². The molecule has 15 heavy (non-hydrogen) atoms. The van der Waals surface area contributed by atoms with E-state index < -0.39 is 0 Å². The molecular weight excluding hydrogens is 192 g/mol. The first-order valence-electron chi connectivity index (χ1n) is 5.49. The van der Waals surface area contributed by atoms with E-state index in [9.17, 15) is 0 Å². The second kappa shape index (κ2) is 4.72. The zero-order valence-corrected chi connectivity index (χ0v) is 9.13. The van der Waals surface area contributed by atoms with Gasteiger partial charge >= 0.3 is 0 Å². The number of hydrogen-bond donors (Lipinski definition) is 1. The van der Waals surface area contributed by atoms with Crippen LogP contribution in [0.25, 0.3) is 0 Å². The lowest BCUT2D eigenvalue weighted by Crippen LogP contribution is -2.41. The highest BCUT2D eigenvalue weighted by Crippen LogP contribution is 2.25. The highest BCUT2D eigenvalue weighted by molar-refractivity contribution is 4.94. The lowest BCUT2D eigenvalue weighted by molar-refractivity contribution is 0.0933.